The van der Waals surface area contributed by atoms with Gasteiger partial charge in [-0.3, -0.25) is 72.0 Å². The Morgan fingerprint density at radius 3 is 1.54 bits per heavy atom. The van der Waals surface area contributed by atoms with Crippen LogP contribution in [0.1, 0.15) is 152 Å². The SMILES string of the molecule is CC[C@H](C)[C@@H]([C@@H](CC(=O)N1CCC[C@H]1[C@H](OC)[C@@H](C)C(=O)N[C@@H](Cc1ccccc1)C(=O)NCCCOC(=O)C(C)NC(=O)CCC(NC(=O)CCNC(=O)OCC(CC(=O)CNC(=O)CNC(=O)CNC(=O)CNC(=O)CCNC(=O)CCOCC(C)(C)C)C(=O)NCCOCCOCCOCCOCCOCCOCCOCCOC)C(=O)O)OC)N(C)C(=O)[C@@H](NC(=O)[C@H](C(C)C)N(C)C)C(C)C. The van der Waals surface area contributed by atoms with Gasteiger partial charge in [0.25, 0.3) is 0 Å². The Labute approximate surface area is 829 Å². The molecule has 0 radical (unpaired) electrons. The van der Waals surface area contributed by atoms with E-state index in [1.807, 2.05) is 81.3 Å². The number of carbonyl (C=O) groups excluding carboxylic acids is 16. The number of carboxylic acid groups (broad SMARTS) is 1. The lowest BCUT2D eigenvalue weighted by Crippen LogP contribution is -2.59. The van der Waals surface area contributed by atoms with Crippen LogP contribution in [-0.2, 0) is 145 Å². The number of rotatable bonds is 79. The summed E-state index contributed by atoms with van der Waals surface area (Å²) in [6.45, 7) is 22.9. The van der Waals surface area contributed by atoms with Crippen LogP contribution in [0.15, 0.2) is 30.3 Å². The van der Waals surface area contributed by atoms with Gasteiger partial charge in [0.2, 0.25) is 76.8 Å². The van der Waals surface area contributed by atoms with Gasteiger partial charge >= 0.3 is 18.0 Å². The van der Waals surface area contributed by atoms with E-state index in [9.17, 15) is 86.6 Å². The van der Waals surface area contributed by atoms with Crippen LogP contribution < -0.4 is 63.8 Å². The summed E-state index contributed by atoms with van der Waals surface area (Å²) in [5.74, 6) is -13.4. The molecular weight excluding hydrogens is 1850 g/mol. The highest BCUT2D eigenvalue weighted by Crippen LogP contribution is 2.30. The lowest BCUT2D eigenvalue weighted by molar-refractivity contribution is -0.148. The second kappa shape index (κ2) is 73.8. The van der Waals surface area contributed by atoms with E-state index in [0.29, 0.717) is 98.5 Å². The molecule has 2 rings (SSSR count). The van der Waals surface area contributed by atoms with Crippen molar-refractivity contribution in [3.05, 3.63) is 35.9 Å². The van der Waals surface area contributed by atoms with Gasteiger partial charge in [-0.1, -0.05) is 106 Å². The third kappa shape index (κ3) is 56.4. The number of nitrogens with one attached hydrogen (secondary N) is 12. The lowest BCUT2D eigenvalue weighted by atomic mass is 9.89. The standard InChI is InChI=1S/C95H163N15O31/c1-18-65(6)85(109(14)91(124)83(63(2)3)107-90(123)84(64(4)5)108(12)13)74(130-16)56-82(119)110-36-22-26-73(110)86(131-17)66(7)87(120)106-72(54-68-24-20-19-21-25-68)89(122)97-32-23-37-140-93(127)67(8)104-77(114)28-27-71(92(125)126)105-78(115)30-34-99-94(128)141-61-69(88(121)98-35-39-132-42-43-134-46-47-136-50-51-138-53-52-137-49-48-135-45-44-133-41-40-129-15)55-70(111)57-100-79(116)59-102-81(118)60-103-80(117)58-101-75(112)29-33-96-76(113)31-38-139-62-95(9,10)11/h19-21,24-25,63-67,69,71-74,83-86H,18,22-23,26-62H2,1-17H3,(H,96,113)(H,97,122)(H,98,121)(H,99,128)(H,100,116)(H,101,112)(H,102,118)(H,103,117)(H,104,114)(H,105,115)(H,106,120)(H,107,123)(H,125,126)/t65-,66+,67?,69?,71?,72-,73-,74+,83-,84-,85-,86+/m0/s1. The number of ketones is 1. The van der Waals surface area contributed by atoms with Crippen LogP contribution in [0.25, 0.3) is 0 Å². The number of alkyl carbamates (subject to hydrolysis) is 1. The van der Waals surface area contributed by atoms with Crippen molar-refractivity contribution in [3.8, 4) is 0 Å². The number of hydrogen-bond donors (Lipinski definition) is 13. The number of benzene rings is 1. The summed E-state index contributed by atoms with van der Waals surface area (Å²) in [6, 6.07) is 2.55. The molecule has 3 unspecified atom stereocenters. The number of aliphatic carboxylic acids is 1. The van der Waals surface area contributed by atoms with E-state index in [0.717, 1.165) is 5.56 Å². The molecule has 141 heavy (non-hydrogen) atoms. The summed E-state index contributed by atoms with van der Waals surface area (Å²) in [6.07, 6.45) is -2.97. The van der Waals surface area contributed by atoms with Crippen LogP contribution in [0, 0.1) is 35.0 Å². The highest BCUT2D eigenvalue weighted by molar-refractivity contribution is 5.94. The van der Waals surface area contributed by atoms with Gasteiger partial charge in [-0.25, -0.2) is 14.4 Å². The molecule has 1 aliphatic heterocycles. The third-order valence-electron chi connectivity index (χ3n) is 22.3. The predicted octanol–water partition coefficient (Wildman–Crippen LogP) is -0.741. The predicted molar refractivity (Wildman–Crippen MR) is 515 cm³/mol. The molecule has 1 aliphatic rings. The fourth-order valence-electron chi connectivity index (χ4n) is 14.6. The number of amides is 14. The van der Waals surface area contributed by atoms with Crippen LogP contribution in [0.5, 0.6) is 0 Å². The first-order valence-electron chi connectivity index (χ1n) is 48.4. The average molecular weight is 2010 g/mol. The molecule has 1 aromatic carbocycles. The van der Waals surface area contributed by atoms with Crippen LogP contribution in [0.3, 0.4) is 0 Å². The highest BCUT2D eigenvalue weighted by atomic mass is 16.6. The molecule has 46 nitrogen and oxygen atoms in total. The van der Waals surface area contributed by atoms with Crippen LogP contribution in [0.2, 0.25) is 0 Å². The molecule has 1 saturated heterocycles. The van der Waals surface area contributed by atoms with Crippen molar-refractivity contribution in [2.45, 2.75) is 208 Å². The minimum absolute atomic E-state index is 0.0114. The number of Topliss-reactive ketones (excluding diaryl/α,β-unsaturated/α-hetero) is 1. The van der Waals surface area contributed by atoms with Crippen molar-refractivity contribution in [3.63, 3.8) is 0 Å². The van der Waals surface area contributed by atoms with Crippen LogP contribution >= 0.6 is 0 Å². The number of ether oxygens (including phenoxy) is 13. The number of carbonyl (C=O) groups is 17. The van der Waals surface area contributed by atoms with Gasteiger partial charge in [0.15, 0.2) is 5.78 Å². The molecule has 13 N–H and O–H groups in total. The van der Waals surface area contributed by atoms with E-state index in [2.05, 4.69) is 63.8 Å². The summed E-state index contributed by atoms with van der Waals surface area (Å²) < 4.78 is 71.5. The van der Waals surface area contributed by atoms with E-state index in [4.69, 9.17) is 61.6 Å². The highest BCUT2D eigenvalue weighted by Gasteiger charge is 2.44. The summed E-state index contributed by atoms with van der Waals surface area (Å²) in [7, 11) is 9.86. The van der Waals surface area contributed by atoms with E-state index in [1.54, 1.807) is 61.2 Å². The summed E-state index contributed by atoms with van der Waals surface area (Å²) in [4.78, 5) is 229. The Bertz CT molecular complexity index is 3900. The average Bonchev–Trinajstić information content (AvgIpc) is 1.37. The zero-order chi connectivity index (χ0) is 105. The fourth-order valence-corrected chi connectivity index (χ4v) is 14.6. The maximum absolute atomic E-state index is 14.6. The third-order valence-corrected chi connectivity index (χ3v) is 22.3. The molecule has 0 aromatic heterocycles. The second-order valence-electron chi connectivity index (χ2n) is 36.2. The number of carboxylic acids is 1. The normalized spacial score (nSPS) is 14.9. The summed E-state index contributed by atoms with van der Waals surface area (Å²) in [5.41, 5.74) is 0.669. The summed E-state index contributed by atoms with van der Waals surface area (Å²) >= 11 is 0. The molecular formula is C95H163N15O31. The van der Waals surface area contributed by atoms with Crippen molar-refractivity contribution in [2.75, 3.05) is 227 Å². The van der Waals surface area contributed by atoms with E-state index in [-0.39, 0.29) is 145 Å². The molecule has 46 heteroatoms. The van der Waals surface area contributed by atoms with Crippen molar-refractivity contribution in [2.24, 2.45) is 35.0 Å². The topological polar surface area (TPSA) is 584 Å². The lowest BCUT2D eigenvalue weighted by Gasteiger charge is -2.41. The molecule has 12 atom stereocenters. The number of hydrogen-bond acceptors (Lipinski definition) is 31. The Morgan fingerprint density at radius 2 is 1.01 bits per heavy atom. The molecule has 0 bridgehead atoms. The number of methoxy groups -OCH3 is 3. The van der Waals surface area contributed by atoms with Gasteiger partial charge in [0.1, 0.15) is 30.8 Å². The molecule has 0 saturated carbocycles. The van der Waals surface area contributed by atoms with Gasteiger partial charge in [-0.15, -0.1) is 0 Å². The van der Waals surface area contributed by atoms with Crippen molar-refractivity contribution < 1.29 is 148 Å². The first-order valence-corrected chi connectivity index (χ1v) is 48.4. The largest absolute Gasteiger partial charge is 0.480 e. The molecule has 1 heterocycles. The number of esters is 1. The molecule has 1 fully saturated rings. The Morgan fingerprint density at radius 1 is 0.489 bits per heavy atom. The maximum atomic E-state index is 14.6. The Balaban J connectivity index is 1.96. The quantitative estimate of drug-likeness (QED) is 0.0282. The molecule has 0 aliphatic carbocycles. The second-order valence-corrected chi connectivity index (χ2v) is 36.2. The molecule has 804 valence electrons. The minimum Gasteiger partial charge on any atom is -0.480 e. The van der Waals surface area contributed by atoms with Gasteiger partial charge in [0, 0.05) is 99.6 Å². The van der Waals surface area contributed by atoms with Crippen molar-refractivity contribution >= 4 is 101 Å². The maximum Gasteiger partial charge on any atom is 0.407 e. The number of likely N-dealkylation sites (tertiary alicyclic amines) is 1. The number of nitrogens with zero attached hydrogens (tertiary/aromatic N) is 3. The fraction of sp³-hybridized carbons (Fsp3) is 0.758. The van der Waals surface area contributed by atoms with Crippen molar-refractivity contribution in [1.82, 2.24) is 78.5 Å². The van der Waals surface area contributed by atoms with E-state index in [1.165, 1.54) is 21.1 Å². The van der Waals surface area contributed by atoms with Crippen LogP contribution in [-0.4, -0.2) is 402 Å². The Hall–Kier alpha value is -10.3. The van der Waals surface area contributed by atoms with Gasteiger partial charge < -0.3 is 140 Å². The van der Waals surface area contributed by atoms with Crippen molar-refractivity contribution in [1.29, 1.82) is 0 Å². The monoisotopic (exact) mass is 2010 g/mol. The smallest absolute Gasteiger partial charge is 0.407 e. The van der Waals surface area contributed by atoms with E-state index < -0.39 is 208 Å². The summed E-state index contributed by atoms with van der Waals surface area (Å²) in [5, 5.41) is 40.1. The van der Waals surface area contributed by atoms with Crippen LogP contribution in [0.4, 0.5) is 4.79 Å². The molecule has 1 aromatic rings. The number of likely N-dealkylation sites (N-methyl/N-ethyl adjacent to an activating group) is 2. The zero-order valence-corrected chi connectivity index (χ0v) is 85.8. The molecule has 0 spiro atoms. The van der Waals surface area contributed by atoms with Gasteiger partial charge in [0.05, 0.1) is 194 Å². The zero-order valence-electron chi connectivity index (χ0n) is 85.8. The first-order chi connectivity index (χ1) is 67.1. The van der Waals surface area contributed by atoms with Gasteiger partial charge in [-0.2, -0.15) is 0 Å². The minimum atomic E-state index is -1.62. The van der Waals surface area contributed by atoms with Gasteiger partial charge in [-0.05, 0) is 75.4 Å². The Kier molecular flexibility index (Phi) is 66.3. The molecule has 14 amide bonds. The van der Waals surface area contributed by atoms with E-state index >= 15 is 0 Å². The first kappa shape index (κ1) is 127.